The molecule has 0 saturated heterocycles. The molecule has 0 amide bonds. The van der Waals surface area contributed by atoms with Crippen LogP contribution in [0.3, 0.4) is 0 Å². The van der Waals surface area contributed by atoms with E-state index in [-0.39, 0.29) is 5.82 Å². The molecule has 1 atom stereocenters. The number of H-pyrrole nitrogens is 1. The zero-order chi connectivity index (χ0) is 21.4. The maximum absolute atomic E-state index is 13.6. The second-order valence-electron chi connectivity index (χ2n) is 8.68. The van der Waals surface area contributed by atoms with Gasteiger partial charge in [-0.15, -0.1) is 0 Å². The Morgan fingerprint density at radius 3 is 2.55 bits per heavy atom. The molecule has 1 aliphatic rings. The van der Waals surface area contributed by atoms with Crippen LogP contribution in [0.4, 0.5) is 4.39 Å². The number of nitrogens with zero attached hydrogens (tertiary/aromatic N) is 1. The van der Waals surface area contributed by atoms with Crippen LogP contribution in [0.5, 0.6) is 0 Å². The summed E-state index contributed by atoms with van der Waals surface area (Å²) < 4.78 is 20.2. The molecule has 1 unspecified atom stereocenters. The van der Waals surface area contributed by atoms with E-state index in [0.717, 1.165) is 30.5 Å². The summed E-state index contributed by atoms with van der Waals surface area (Å²) >= 11 is 0. The van der Waals surface area contributed by atoms with Crippen molar-refractivity contribution in [2.24, 2.45) is 0 Å². The first kappa shape index (κ1) is 20.0. The predicted molar refractivity (Wildman–Crippen MR) is 123 cm³/mol. The van der Waals surface area contributed by atoms with E-state index in [2.05, 4.69) is 66.4 Å². The van der Waals surface area contributed by atoms with Crippen molar-refractivity contribution in [2.45, 2.75) is 25.0 Å². The van der Waals surface area contributed by atoms with Crippen molar-refractivity contribution in [3.8, 4) is 11.1 Å². The molecule has 0 aliphatic carbocycles. The molecule has 0 saturated carbocycles. The van der Waals surface area contributed by atoms with Crippen LogP contribution in [0, 0.1) is 5.82 Å². The number of hydrogen-bond acceptors (Lipinski definition) is 2. The third kappa shape index (κ3) is 3.67. The Bertz CT molecular complexity index is 1210. The summed E-state index contributed by atoms with van der Waals surface area (Å²) in [7, 11) is 4.17. The van der Waals surface area contributed by atoms with E-state index in [0.29, 0.717) is 6.61 Å². The van der Waals surface area contributed by atoms with Crippen molar-refractivity contribution < 1.29 is 9.13 Å². The Morgan fingerprint density at radius 1 is 0.968 bits per heavy atom. The lowest BCUT2D eigenvalue weighted by Gasteiger charge is -2.31. The van der Waals surface area contributed by atoms with Gasteiger partial charge < -0.3 is 14.6 Å². The molecule has 3 aromatic carbocycles. The molecule has 3 nitrogen and oxygen atoms in total. The van der Waals surface area contributed by atoms with Crippen molar-refractivity contribution in [1.29, 1.82) is 0 Å². The lowest BCUT2D eigenvalue weighted by atomic mass is 9.81. The van der Waals surface area contributed by atoms with E-state index < -0.39 is 5.60 Å². The van der Waals surface area contributed by atoms with Crippen LogP contribution in [-0.4, -0.2) is 30.5 Å². The lowest BCUT2D eigenvalue weighted by Crippen LogP contribution is -2.28. The number of rotatable bonds is 6. The van der Waals surface area contributed by atoms with Gasteiger partial charge in [0.2, 0.25) is 0 Å². The van der Waals surface area contributed by atoms with Crippen LogP contribution < -0.4 is 0 Å². The molecule has 158 valence electrons. The minimum Gasteiger partial charge on any atom is -0.361 e. The first-order valence-corrected chi connectivity index (χ1v) is 10.8. The molecule has 0 spiro atoms. The summed E-state index contributed by atoms with van der Waals surface area (Å²) in [5.74, 6) is -0.222. The number of aromatic nitrogens is 1. The summed E-state index contributed by atoms with van der Waals surface area (Å²) in [6, 6.07) is 22.0. The van der Waals surface area contributed by atoms with Gasteiger partial charge in [0.15, 0.2) is 0 Å². The standard InChI is InChI=1S/C27H27FN2O/c1-30(2)15-3-13-27(23-7-9-24(28)10-8-23)25-11-6-20(16-22(25)18-31-27)21-5-4-19-12-14-29-26(19)17-21/h4-12,14,16-17,29H,3,13,15,18H2,1-2H3. The van der Waals surface area contributed by atoms with Crippen molar-refractivity contribution >= 4 is 10.9 Å². The summed E-state index contributed by atoms with van der Waals surface area (Å²) in [5.41, 5.74) is 6.40. The van der Waals surface area contributed by atoms with Gasteiger partial charge in [0.1, 0.15) is 11.4 Å². The fraction of sp³-hybridized carbons (Fsp3) is 0.259. The van der Waals surface area contributed by atoms with E-state index in [4.69, 9.17) is 4.74 Å². The molecule has 0 bridgehead atoms. The summed E-state index contributed by atoms with van der Waals surface area (Å²) in [6.45, 7) is 1.54. The van der Waals surface area contributed by atoms with Crippen LogP contribution in [0.2, 0.25) is 0 Å². The van der Waals surface area contributed by atoms with E-state index in [9.17, 15) is 4.39 Å². The Kier molecular flexibility index (Phi) is 5.12. The van der Waals surface area contributed by atoms with Crippen molar-refractivity contribution in [2.75, 3.05) is 20.6 Å². The molecule has 1 aliphatic heterocycles. The number of nitrogens with one attached hydrogen (secondary N) is 1. The van der Waals surface area contributed by atoms with Crippen molar-refractivity contribution in [3.63, 3.8) is 0 Å². The molecule has 5 rings (SSSR count). The number of benzene rings is 3. The zero-order valence-electron chi connectivity index (χ0n) is 18.0. The summed E-state index contributed by atoms with van der Waals surface area (Å²) in [4.78, 5) is 5.48. The summed E-state index contributed by atoms with van der Waals surface area (Å²) in [6.07, 6.45) is 3.82. The van der Waals surface area contributed by atoms with Gasteiger partial charge in [0.25, 0.3) is 0 Å². The van der Waals surface area contributed by atoms with Gasteiger partial charge in [-0.3, -0.25) is 0 Å². The number of fused-ring (bicyclic) bond motifs is 2. The summed E-state index contributed by atoms with van der Waals surface area (Å²) in [5, 5.41) is 1.21. The number of halogens is 1. The maximum Gasteiger partial charge on any atom is 0.123 e. The Labute approximate surface area is 182 Å². The Hall–Kier alpha value is -2.95. The SMILES string of the molecule is CN(C)CCCC1(c2ccc(F)cc2)OCc2cc(-c3ccc4cc[nH]c4c3)ccc21. The van der Waals surface area contributed by atoms with E-state index in [1.165, 1.54) is 39.8 Å². The van der Waals surface area contributed by atoms with Crippen LogP contribution in [0.1, 0.15) is 29.5 Å². The third-order valence-corrected chi connectivity index (χ3v) is 6.35. The number of hydrogen-bond donors (Lipinski definition) is 1. The number of ether oxygens (including phenoxy) is 1. The highest BCUT2D eigenvalue weighted by molar-refractivity contribution is 5.85. The van der Waals surface area contributed by atoms with Gasteiger partial charge in [-0.2, -0.15) is 0 Å². The molecule has 1 aromatic heterocycles. The third-order valence-electron chi connectivity index (χ3n) is 6.35. The first-order chi connectivity index (χ1) is 15.0. The number of aromatic amines is 1. The molecule has 0 fully saturated rings. The molecular formula is C27H27FN2O. The zero-order valence-corrected chi connectivity index (χ0v) is 18.0. The van der Waals surface area contributed by atoms with Crippen molar-refractivity contribution in [3.05, 3.63) is 95.4 Å². The fourth-order valence-electron chi connectivity index (χ4n) is 4.75. The second-order valence-corrected chi connectivity index (χ2v) is 8.68. The first-order valence-electron chi connectivity index (χ1n) is 10.8. The average molecular weight is 415 g/mol. The minimum absolute atomic E-state index is 0.222. The average Bonchev–Trinajstić information content (AvgIpc) is 3.38. The van der Waals surface area contributed by atoms with Gasteiger partial charge in [-0.25, -0.2) is 4.39 Å². The minimum atomic E-state index is -0.527. The topological polar surface area (TPSA) is 28.3 Å². The largest absolute Gasteiger partial charge is 0.361 e. The maximum atomic E-state index is 13.6. The Balaban J connectivity index is 1.54. The van der Waals surface area contributed by atoms with Crippen LogP contribution in [0.25, 0.3) is 22.0 Å². The molecule has 4 aromatic rings. The molecule has 2 heterocycles. The van der Waals surface area contributed by atoms with Crippen molar-refractivity contribution in [1.82, 2.24) is 9.88 Å². The van der Waals surface area contributed by atoms with Gasteiger partial charge >= 0.3 is 0 Å². The van der Waals surface area contributed by atoms with Crippen LogP contribution >= 0.6 is 0 Å². The highest BCUT2D eigenvalue weighted by atomic mass is 19.1. The van der Waals surface area contributed by atoms with Gasteiger partial charge in [-0.05, 0) is 97.0 Å². The molecular weight excluding hydrogens is 387 g/mol. The molecule has 31 heavy (non-hydrogen) atoms. The van der Waals surface area contributed by atoms with Gasteiger partial charge in [0, 0.05) is 11.7 Å². The normalized spacial score (nSPS) is 18.1. The van der Waals surface area contributed by atoms with Gasteiger partial charge in [0.05, 0.1) is 6.61 Å². The van der Waals surface area contributed by atoms with E-state index in [1.807, 2.05) is 18.3 Å². The lowest BCUT2D eigenvalue weighted by molar-refractivity contribution is -0.0140. The van der Waals surface area contributed by atoms with E-state index >= 15 is 0 Å². The molecule has 1 N–H and O–H groups in total. The highest BCUT2D eigenvalue weighted by Crippen LogP contribution is 2.46. The fourth-order valence-corrected chi connectivity index (χ4v) is 4.75. The van der Waals surface area contributed by atoms with Gasteiger partial charge in [-0.1, -0.05) is 36.4 Å². The highest BCUT2D eigenvalue weighted by Gasteiger charge is 2.41. The predicted octanol–water partition coefficient (Wildman–Crippen LogP) is 6.09. The Morgan fingerprint density at radius 2 is 1.74 bits per heavy atom. The molecule has 4 heteroatoms. The quantitative estimate of drug-likeness (QED) is 0.414. The molecule has 0 radical (unpaired) electrons. The van der Waals surface area contributed by atoms with Crippen LogP contribution in [0.15, 0.2) is 72.9 Å². The van der Waals surface area contributed by atoms with E-state index in [1.54, 1.807) is 0 Å². The second kappa shape index (κ2) is 7.95. The monoisotopic (exact) mass is 414 g/mol. The smallest absolute Gasteiger partial charge is 0.123 e. The van der Waals surface area contributed by atoms with Crippen LogP contribution in [-0.2, 0) is 16.9 Å².